The second kappa shape index (κ2) is 9.15. The smallest absolute Gasteiger partial charge is 0.316 e. The van der Waals surface area contributed by atoms with Crippen LogP contribution in [0, 0.1) is 0 Å². The first-order valence-corrected chi connectivity index (χ1v) is 12.6. The number of sulfonamides is 1. The Kier molecular flexibility index (Phi) is 6.54. The fraction of sp³-hybridized carbons (Fsp3) is 0.579. The average molecular weight is 454 g/mol. The number of piperazine rings is 1. The van der Waals surface area contributed by atoms with E-state index in [4.69, 9.17) is 9.47 Å². The molecule has 0 amide bonds. The molecule has 9 nitrogen and oxygen atoms in total. The topological polar surface area (TPSA) is 88.1 Å². The summed E-state index contributed by atoms with van der Waals surface area (Å²) >= 11 is 1.67. The molecule has 4 rings (SSSR count). The number of rotatable bonds is 6. The van der Waals surface area contributed by atoms with Gasteiger partial charge in [0.2, 0.25) is 10.0 Å². The van der Waals surface area contributed by atoms with Crippen LogP contribution in [0.3, 0.4) is 0 Å². The van der Waals surface area contributed by atoms with Crippen LogP contribution in [-0.4, -0.2) is 99.5 Å². The third-order valence-corrected chi connectivity index (χ3v) is 7.72. The van der Waals surface area contributed by atoms with Crippen LogP contribution in [0.2, 0.25) is 0 Å². The van der Waals surface area contributed by atoms with Crippen molar-refractivity contribution in [3.8, 4) is 16.5 Å². The highest BCUT2D eigenvalue weighted by atomic mass is 32.2. The molecule has 4 heterocycles. The molecule has 2 aromatic rings. The van der Waals surface area contributed by atoms with Crippen LogP contribution >= 0.6 is 11.3 Å². The van der Waals surface area contributed by atoms with Crippen LogP contribution in [0.1, 0.15) is 0 Å². The van der Waals surface area contributed by atoms with E-state index in [1.165, 1.54) is 11.9 Å². The van der Waals surface area contributed by atoms with Gasteiger partial charge in [0.25, 0.3) is 0 Å². The minimum Gasteiger partial charge on any atom is -0.467 e. The SMILES string of the molecule is COc1ncc(-c2cc(N3CCOC(CN4CCN(S(C)(=O)=O)CC4)C3)cs2)cn1. The Morgan fingerprint density at radius 2 is 1.93 bits per heavy atom. The first-order valence-electron chi connectivity index (χ1n) is 9.91. The Morgan fingerprint density at radius 1 is 1.20 bits per heavy atom. The van der Waals surface area contributed by atoms with Gasteiger partial charge in [0.05, 0.1) is 26.1 Å². The molecule has 0 saturated carbocycles. The number of methoxy groups -OCH3 is 1. The summed E-state index contributed by atoms with van der Waals surface area (Å²) in [5.74, 6) is 0. The lowest BCUT2D eigenvalue weighted by Crippen LogP contribution is -2.53. The van der Waals surface area contributed by atoms with Crippen LogP contribution in [-0.2, 0) is 14.8 Å². The summed E-state index contributed by atoms with van der Waals surface area (Å²) in [6, 6.07) is 2.53. The molecule has 1 unspecified atom stereocenters. The maximum absolute atomic E-state index is 11.7. The molecule has 0 bridgehead atoms. The number of nitrogens with zero attached hydrogens (tertiary/aromatic N) is 5. The minimum absolute atomic E-state index is 0.108. The third-order valence-electron chi connectivity index (χ3n) is 5.45. The van der Waals surface area contributed by atoms with E-state index < -0.39 is 10.0 Å². The maximum atomic E-state index is 11.7. The number of morpholine rings is 1. The molecule has 0 aromatic carbocycles. The van der Waals surface area contributed by atoms with E-state index in [0.29, 0.717) is 25.7 Å². The van der Waals surface area contributed by atoms with Gasteiger partial charge >= 0.3 is 6.01 Å². The van der Waals surface area contributed by atoms with Crippen molar-refractivity contribution in [2.75, 3.05) is 70.7 Å². The molecule has 0 spiro atoms. The van der Waals surface area contributed by atoms with E-state index in [1.54, 1.807) is 35.1 Å². The second-order valence-corrected chi connectivity index (χ2v) is 10.4. The van der Waals surface area contributed by atoms with Gasteiger partial charge in [-0.3, -0.25) is 4.90 Å². The Balaban J connectivity index is 1.34. The van der Waals surface area contributed by atoms with Gasteiger partial charge in [0.1, 0.15) is 0 Å². The van der Waals surface area contributed by atoms with Gasteiger partial charge < -0.3 is 14.4 Å². The van der Waals surface area contributed by atoms with E-state index in [2.05, 4.69) is 31.2 Å². The maximum Gasteiger partial charge on any atom is 0.316 e. The fourth-order valence-electron chi connectivity index (χ4n) is 3.79. The number of ether oxygens (including phenoxy) is 2. The van der Waals surface area contributed by atoms with Gasteiger partial charge in [0, 0.05) is 79.7 Å². The van der Waals surface area contributed by atoms with Crippen LogP contribution in [0.15, 0.2) is 23.8 Å². The summed E-state index contributed by atoms with van der Waals surface area (Å²) in [5.41, 5.74) is 2.15. The molecule has 0 radical (unpaired) electrons. The molecule has 1 atom stereocenters. The van der Waals surface area contributed by atoms with Crippen molar-refractivity contribution in [1.82, 2.24) is 19.2 Å². The Bertz CT molecular complexity index is 942. The van der Waals surface area contributed by atoms with Crippen molar-refractivity contribution in [3.63, 3.8) is 0 Å². The largest absolute Gasteiger partial charge is 0.467 e. The summed E-state index contributed by atoms with van der Waals surface area (Å²) in [7, 11) is -1.55. The summed E-state index contributed by atoms with van der Waals surface area (Å²) in [6.45, 7) is 5.76. The zero-order chi connectivity index (χ0) is 21.1. The summed E-state index contributed by atoms with van der Waals surface area (Å²) in [6.07, 6.45) is 4.94. The quantitative estimate of drug-likeness (QED) is 0.640. The van der Waals surface area contributed by atoms with Crippen molar-refractivity contribution < 1.29 is 17.9 Å². The molecule has 2 fully saturated rings. The lowest BCUT2D eigenvalue weighted by molar-refractivity contribution is 0.00994. The van der Waals surface area contributed by atoms with Gasteiger partial charge in [-0.05, 0) is 6.07 Å². The molecule has 2 saturated heterocycles. The van der Waals surface area contributed by atoms with Gasteiger partial charge in [0.15, 0.2) is 0 Å². The van der Waals surface area contributed by atoms with E-state index in [-0.39, 0.29) is 6.10 Å². The number of thiophene rings is 1. The average Bonchev–Trinajstić information content (AvgIpc) is 3.24. The molecule has 2 aromatic heterocycles. The molecule has 2 aliphatic heterocycles. The van der Waals surface area contributed by atoms with Crippen LogP contribution in [0.5, 0.6) is 6.01 Å². The van der Waals surface area contributed by atoms with Gasteiger partial charge in [-0.25, -0.2) is 18.4 Å². The second-order valence-electron chi connectivity index (χ2n) is 7.53. The first-order chi connectivity index (χ1) is 14.4. The van der Waals surface area contributed by atoms with Crippen molar-refractivity contribution in [3.05, 3.63) is 23.8 Å². The van der Waals surface area contributed by atoms with E-state index in [1.807, 2.05) is 0 Å². The third kappa shape index (κ3) is 5.09. The predicted octanol–water partition coefficient (Wildman–Crippen LogP) is 0.996. The molecule has 30 heavy (non-hydrogen) atoms. The number of anilines is 1. The summed E-state index contributed by atoms with van der Waals surface area (Å²) in [4.78, 5) is 14.1. The normalized spacial score (nSPS) is 21.7. The molecule has 164 valence electrons. The Hall–Kier alpha value is -1.79. The Labute approximate surface area is 181 Å². The monoisotopic (exact) mass is 453 g/mol. The Morgan fingerprint density at radius 3 is 2.60 bits per heavy atom. The highest BCUT2D eigenvalue weighted by Gasteiger charge is 2.28. The molecule has 2 aliphatic rings. The summed E-state index contributed by atoms with van der Waals surface area (Å²) in [5, 5.41) is 2.16. The number of hydrogen-bond donors (Lipinski definition) is 0. The lowest BCUT2D eigenvalue weighted by Gasteiger charge is -2.39. The molecule has 0 aliphatic carbocycles. The lowest BCUT2D eigenvalue weighted by atomic mass is 10.2. The molecule has 0 N–H and O–H groups in total. The highest BCUT2D eigenvalue weighted by molar-refractivity contribution is 7.88. The zero-order valence-corrected chi connectivity index (χ0v) is 18.9. The number of aromatic nitrogens is 2. The fourth-order valence-corrected chi connectivity index (χ4v) is 5.51. The predicted molar refractivity (Wildman–Crippen MR) is 117 cm³/mol. The van der Waals surface area contributed by atoms with Crippen LogP contribution < -0.4 is 9.64 Å². The van der Waals surface area contributed by atoms with Crippen molar-refractivity contribution >= 4 is 27.0 Å². The van der Waals surface area contributed by atoms with Gasteiger partial charge in [-0.2, -0.15) is 4.31 Å². The van der Waals surface area contributed by atoms with Crippen molar-refractivity contribution in [2.24, 2.45) is 0 Å². The van der Waals surface area contributed by atoms with E-state index >= 15 is 0 Å². The van der Waals surface area contributed by atoms with Crippen molar-refractivity contribution in [2.45, 2.75) is 6.10 Å². The molecular formula is C19H27N5O4S2. The minimum atomic E-state index is -3.10. The van der Waals surface area contributed by atoms with Crippen molar-refractivity contribution in [1.29, 1.82) is 0 Å². The number of hydrogen-bond acceptors (Lipinski definition) is 9. The van der Waals surface area contributed by atoms with Crippen LogP contribution in [0.4, 0.5) is 5.69 Å². The summed E-state index contributed by atoms with van der Waals surface area (Å²) < 4.78 is 35.9. The van der Waals surface area contributed by atoms with E-state index in [0.717, 1.165) is 43.2 Å². The highest BCUT2D eigenvalue weighted by Crippen LogP contribution is 2.32. The van der Waals surface area contributed by atoms with Gasteiger partial charge in [-0.15, -0.1) is 11.3 Å². The van der Waals surface area contributed by atoms with Gasteiger partial charge in [-0.1, -0.05) is 0 Å². The first kappa shape index (κ1) is 21.4. The molecule has 11 heteroatoms. The standard InChI is InChI=1S/C19H27N5O4S2/c1-27-19-20-10-15(11-21-19)18-9-16(14-29-18)23-7-8-28-17(13-23)12-22-3-5-24(6-4-22)30(2,25)26/h9-11,14,17H,3-8,12-13H2,1-2H3. The zero-order valence-electron chi connectivity index (χ0n) is 17.2. The molecular weight excluding hydrogens is 426 g/mol. The van der Waals surface area contributed by atoms with Crippen LogP contribution in [0.25, 0.3) is 10.4 Å². The van der Waals surface area contributed by atoms with E-state index in [9.17, 15) is 8.42 Å².